The molecule has 0 radical (unpaired) electrons. The van der Waals surface area contributed by atoms with Crippen LogP contribution >= 0.6 is 0 Å². The average molecular weight is 252 g/mol. The van der Waals surface area contributed by atoms with E-state index in [0.29, 0.717) is 12.8 Å². The largest absolute Gasteiger partial charge is 0.481 e. The summed E-state index contributed by atoms with van der Waals surface area (Å²) in [7, 11) is 2.02. The van der Waals surface area contributed by atoms with Crippen LogP contribution in [0.3, 0.4) is 0 Å². The first-order valence-corrected chi connectivity index (χ1v) is 6.44. The van der Waals surface area contributed by atoms with E-state index in [1.54, 1.807) is 0 Å². The number of likely N-dealkylation sites (N-methyl/N-ethyl adjacent to an activating group) is 1. The predicted molar refractivity (Wildman–Crippen MR) is 67.0 cm³/mol. The molecular formula is C13H20N2O3. The number of rotatable bonds is 3. The third kappa shape index (κ3) is 2.90. The van der Waals surface area contributed by atoms with Crippen LogP contribution in [0.25, 0.3) is 0 Å². The van der Waals surface area contributed by atoms with E-state index in [2.05, 4.69) is 10.2 Å². The van der Waals surface area contributed by atoms with Gasteiger partial charge in [-0.15, -0.1) is 0 Å². The molecule has 0 saturated carbocycles. The second-order valence-corrected chi connectivity index (χ2v) is 5.25. The number of hydrogen-bond acceptors (Lipinski definition) is 3. The molecule has 0 bridgehead atoms. The fraction of sp³-hybridized carbons (Fsp3) is 0.692. The zero-order valence-electron chi connectivity index (χ0n) is 10.6. The van der Waals surface area contributed by atoms with Gasteiger partial charge in [-0.2, -0.15) is 0 Å². The van der Waals surface area contributed by atoms with Crippen molar-refractivity contribution in [3.05, 3.63) is 12.2 Å². The van der Waals surface area contributed by atoms with E-state index in [1.165, 1.54) is 0 Å². The number of nitrogens with one attached hydrogen (secondary N) is 1. The van der Waals surface area contributed by atoms with Crippen molar-refractivity contribution in [3.8, 4) is 0 Å². The SMILES string of the molecule is CN1CCC(NC(=O)[C@@H]2CC=CC[C@@H]2C(=O)O)C1. The van der Waals surface area contributed by atoms with Gasteiger partial charge in [0, 0.05) is 12.6 Å². The summed E-state index contributed by atoms with van der Waals surface area (Å²) in [6.07, 6.45) is 5.70. The quantitative estimate of drug-likeness (QED) is 0.717. The molecule has 2 aliphatic rings. The number of likely N-dealkylation sites (tertiary alicyclic amines) is 1. The molecule has 2 N–H and O–H groups in total. The highest BCUT2D eigenvalue weighted by atomic mass is 16.4. The van der Waals surface area contributed by atoms with Crippen molar-refractivity contribution in [2.24, 2.45) is 11.8 Å². The number of aliphatic carboxylic acids is 1. The summed E-state index contributed by atoms with van der Waals surface area (Å²) in [5.41, 5.74) is 0. The molecule has 0 aromatic rings. The van der Waals surface area contributed by atoms with Crippen LogP contribution in [0.1, 0.15) is 19.3 Å². The normalized spacial score (nSPS) is 32.4. The highest BCUT2D eigenvalue weighted by Crippen LogP contribution is 2.26. The van der Waals surface area contributed by atoms with Gasteiger partial charge in [-0.25, -0.2) is 0 Å². The van der Waals surface area contributed by atoms with Crippen LogP contribution in [0.2, 0.25) is 0 Å². The molecule has 1 saturated heterocycles. The summed E-state index contributed by atoms with van der Waals surface area (Å²) < 4.78 is 0. The third-order valence-corrected chi connectivity index (χ3v) is 3.82. The Balaban J connectivity index is 1.94. The molecule has 2 rings (SSSR count). The van der Waals surface area contributed by atoms with Gasteiger partial charge in [-0.05, 0) is 32.9 Å². The first kappa shape index (κ1) is 13.1. The Morgan fingerprint density at radius 3 is 2.50 bits per heavy atom. The van der Waals surface area contributed by atoms with Gasteiger partial charge < -0.3 is 15.3 Å². The average Bonchev–Trinajstić information content (AvgIpc) is 2.74. The molecule has 0 spiro atoms. The number of nitrogens with zero attached hydrogens (tertiary/aromatic N) is 1. The summed E-state index contributed by atoms with van der Waals surface area (Å²) in [6, 6.07) is 0.169. The topological polar surface area (TPSA) is 69.6 Å². The minimum absolute atomic E-state index is 0.105. The molecule has 1 heterocycles. The Kier molecular flexibility index (Phi) is 4.01. The van der Waals surface area contributed by atoms with E-state index in [0.717, 1.165) is 19.5 Å². The van der Waals surface area contributed by atoms with Gasteiger partial charge in [0.2, 0.25) is 5.91 Å². The van der Waals surface area contributed by atoms with E-state index in [-0.39, 0.29) is 11.9 Å². The fourth-order valence-corrected chi connectivity index (χ4v) is 2.74. The maximum Gasteiger partial charge on any atom is 0.307 e. The molecule has 1 aliphatic carbocycles. The number of hydrogen-bond donors (Lipinski definition) is 2. The Hall–Kier alpha value is -1.36. The maximum atomic E-state index is 12.1. The van der Waals surface area contributed by atoms with Gasteiger partial charge in [0.1, 0.15) is 0 Å². The molecule has 5 nitrogen and oxygen atoms in total. The Morgan fingerprint density at radius 1 is 1.28 bits per heavy atom. The molecule has 5 heteroatoms. The van der Waals surface area contributed by atoms with Gasteiger partial charge in [-0.3, -0.25) is 9.59 Å². The van der Waals surface area contributed by atoms with Crippen molar-refractivity contribution in [1.82, 2.24) is 10.2 Å². The second kappa shape index (κ2) is 5.52. The van der Waals surface area contributed by atoms with Crippen LogP contribution in [0.15, 0.2) is 12.2 Å². The lowest BCUT2D eigenvalue weighted by Gasteiger charge is -2.25. The molecular weight excluding hydrogens is 232 g/mol. The van der Waals surface area contributed by atoms with Gasteiger partial charge in [0.15, 0.2) is 0 Å². The number of allylic oxidation sites excluding steroid dienone is 2. The second-order valence-electron chi connectivity index (χ2n) is 5.25. The minimum Gasteiger partial charge on any atom is -0.481 e. The maximum absolute atomic E-state index is 12.1. The predicted octanol–water partition coefficient (Wildman–Crippen LogP) is 0.474. The molecule has 3 atom stereocenters. The molecule has 0 aromatic heterocycles. The number of amides is 1. The van der Waals surface area contributed by atoms with Crippen molar-refractivity contribution in [3.63, 3.8) is 0 Å². The first-order valence-electron chi connectivity index (χ1n) is 6.44. The lowest BCUT2D eigenvalue weighted by Crippen LogP contribution is -2.44. The molecule has 0 aromatic carbocycles. The van der Waals surface area contributed by atoms with Crippen molar-refractivity contribution >= 4 is 11.9 Å². The minimum atomic E-state index is -0.872. The monoisotopic (exact) mass is 252 g/mol. The van der Waals surface area contributed by atoms with E-state index >= 15 is 0 Å². The third-order valence-electron chi connectivity index (χ3n) is 3.82. The summed E-state index contributed by atoms with van der Waals surface area (Å²) in [4.78, 5) is 25.5. The lowest BCUT2D eigenvalue weighted by atomic mass is 9.82. The van der Waals surface area contributed by atoms with Crippen molar-refractivity contribution in [2.45, 2.75) is 25.3 Å². The Morgan fingerprint density at radius 2 is 1.94 bits per heavy atom. The van der Waals surface area contributed by atoms with Crippen molar-refractivity contribution < 1.29 is 14.7 Å². The molecule has 18 heavy (non-hydrogen) atoms. The number of carboxylic acids is 1. The van der Waals surface area contributed by atoms with Gasteiger partial charge >= 0.3 is 5.97 Å². The Bertz CT molecular complexity index is 367. The van der Waals surface area contributed by atoms with E-state index < -0.39 is 17.8 Å². The van der Waals surface area contributed by atoms with Crippen LogP contribution in [-0.2, 0) is 9.59 Å². The van der Waals surface area contributed by atoms with E-state index in [4.69, 9.17) is 5.11 Å². The molecule has 1 unspecified atom stereocenters. The lowest BCUT2D eigenvalue weighted by molar-refractivity contribution is -0.147. The fourth-order valence-electron chi connectivity index (χ4n) is 2.74. The smallest absolute Gasteiger partial charge is 0.307 e. The molecule has 1 amide bonds. The van der Waals surface area contributed by atoms with Crippen LogP contribution in [0.4, 0.5) is 0 Å². The Labute approximate surface area is 107 Å². The van der Waals surface area contributed by atoms with Crippen LogP contribution < -0.4 is 5.32 Å². The van der Waals surface area contributed by atoms with Gasteiger partial charge in [0.25, 0.3) is 0 Å². The van der Waals surface area contributed by atoms with E-state index in [1.807, 2.05) is 19.2 Å². The van der Waals surface area contributed by atoms with Crippen LogP contribution in [-0.4, -0.2) is 48.1 Å². The zero-order valence-corrected chi connectivity index (χ0v) is 10.6. The summed E-state index contributed by atoms with van der Waals surface area (Å²) >= 11 is 0. The zero-order chi connectivity index (χ0) is 13.1. The molecule has 100 valence electrons. The van der Waals surface area contributed by atoms with Crippen LogP contribution in [0, 0.1) is 11.8 Å². The highest BCUT2D eigenvalue weighted by molar-refractivity contribution is 5.85. The van der Waals surface area contributed by atoms with Crippen molar-refractivity contribution in [1.29, 1.82) is 0 Å². The summed E-state index contributed by atoms with van der Waals surface area (Å²) in [5, 5.41) is 12.1. The number of carbonyl (C=O) groups excluding carboxylic acids is 1. The van der Waals surface area contributed by atoms with Crippen LogP contribution in [0.5, 0.6) is 0 Å². The molecule has 1 fully saturated rings. The van der Waals surface area contributed by atoms with Crippen molar-refractivity contribution in [2.75, 3.05) is 20.1 Å². The summed E-state index contributed by atoms with van der Waals surface area (Å²) in [5.74, 6) is -1.97. The first-order chi connectivity index (χ1) is 8.58. The van der Waals surface area contributed by atoms with E-state index in [9.17, 15) is 9.59 Å². The number of carboxylic acid groups (broad SMARTS) is 1. The summed E-state index contributed by atoms with van der Waals surface area (Å²) in [6.45, 7) is 1.84. The highest BCUT2D eigenvalue weighted by Gasteiger charge is 2.35. The van der Waals surface area contributed by atoms with Gasteiger partial charge in [0.05, 0.1) is 11.8 Å². The van der Waals surface area contributed by atoms with Gasteiger partial charge in [-0.1, -0.05) is 12.2 Å². The number of carbonyl (C=O) groups is 2. The standard InChI is InChI=1S/C13H20N2O3/c1-15-7-6-9(8-15)14-12(16)10-4-2-3-5-11(10)13(17)18/h2-3,9-11H,4-8H2,1H3,(H,14,16)(H,17,18)/t9?,10-,11+/m1/s1. The molecule has 1 aliphatic heterocycles.